The minimum absolute atomic E-state index is 0.144. The van der Waals surface area contributed by atoms with Gasteiger partial charge in [-0.05, 0) is 38.8 Å². The highest BCUT2D eigenvalue weighted by molar-refractivity contribution is 7.89. The first-order chi connectivity index (χ1) is 16.9. The topological polar surface area (TPSA) is 142 Å². The summed E-state index contributed by atoms with van der Waals surface area (Å²) < 4.78 is 59.7. The van der Waals surface area contributed by atoms with Crippen LogP contribution in [0.1, 0.15) is 33.1 Å². The van der Waals surface area contributed by atoms with Crippen molar-refractivity contribution in [2.75, 3.05) is 37.6 Å². The van der Waals surface area contributed by atoms with Crippen LogP contribution in [0.5, 0.6) is 5.75 Å². The molecule has 3 N–H and O–H groups in total. The van der Waals surface area contributed by atoms with E-state index < -0.39 is 45.1 Å². The van der Waals surface area contributed by atoms with Gasteiger partial charge in [-0.1, -0.05) is 6.07 Å². The third-order valence-corrected chi connectivity index (χ3v) is 7.68. The number of piperazine rings is 1. The normalized spacial score (nSPS) is 18.6. The van der Waals surface area contributed by atoms with E-state index in [4.69, 9.17) is 5.73 Å². The molecular formula is C22H31F2N5O6S. The molecule has 14 heteroatoms. The van der Waals surface area contributed by atoms with Gasteiger partial charge in [0.1, 0.15) is 4.90 Å². The van der Waals surface area contributed by atoms with E-state index in [1.54, 1.807) is 0 Å². The van der Waals surface area contributed by atoms with E-state index in [2.05, 4.69) is 9.64 Å². The second-order valence-electron chi connectivity index (χ2n) is 8.90. The van der Waals surface area contributed by atoms with Gasteiger partial charge in [0.25, 0.3) is 5.91 Å². The van der Waals surface area contributed by atoms with Crippen LogP contribution >= 0.6 is 0 Å². The molecule has 2 heterocycles. The lowest BCUT2D eigenvalue weighted by Gasteiger charge is -2.37. The average molecular weight is 532 g/mol. The van der Waals surface area contributed by atoms with Crippen molar-refractivity contribution in [3.63, 3.8) is 0 Å². The molecule has 2 aliphatic rings. The van der Waals surface area contributed by atoms with Gasteiger partial charge < -0.3 is 20.3 Å². The number of hydrogen-bond donors (Lipinski definition) is 2. The number of sulfonamides is 1. The van der Waals surface area contributed by atoms with Gasteiger partial charge in [0.2, 0.25) is 21.8 Å². The van der Waals surface area contributed by atoms with Crippen molar-refractivity contribution in [1.29, 1.82) is 0 Å². The number of carbonyl (C=O) groups excluding carboxylic acids is 3. The summed E-state index contributed by atoms with van der Waals surface area (Å²) in [7, 11) is -4.77. The summed E-state index contributed by atoms with van der Waals surface area (Å²) in [5, 5.41) is 0. The van der Waals surface area contributed by atoms with Crippen molar-refractivity contribution in [2.24, 2.45) is 5.73 Å². The van der Waals surface area contributed by atoms with Crippen molar-refractivity contribution >= 4 is 33.4 Å². The van der Waals surface area contributed by atoms with Gasteiger partial charge in [-0.3, -0.25) is 19.3 Å². The second-order valence-corrected chi connectivity index (χ2v) is 10.6. The molecule has 0 spiro atoms. The maximum Gasteiger partial charge on any atom is 0.387 e. The molecule has 2 aliphatic heterocycles. The summed E-state index contributed by atoms with van der Waals surface area (Å²) in [6, 6.07) is 1.84. The molecule has 1 atom stereocenters. The number of benzene rings is 1. The molecule has 0 bridgehead atoms. The molecule has 200 valence electrons. The van der Waals surface area contributed by atoms with Crippen LogP contribution in [0.2, 0.25) is 0 Å². The molecule has 0 aromatic heterocycles. The molecule has 3 amide bonds. The Morgan fingerprint density at radius 3 is 2.31 bits per heavy atom. The number of anilines is 1. The zero-order valence-electron chi connectivity index (χ0n) is 20.2. The minimum Gasteiger partial charge on any atom is -0.431 e. The van der Waals surface area contributed by atoms with Crippen LogP contribution in [-0.2, 0) is 24.4 Å². The van der Waals surface area contributed by atoms with Crippen LogP contribution in [0, 0.1) is 0 Å². The van der Waals surface area contributed by atoms with E-state index in [1.165, 1.54) is 21.9 Å². The zero-order valence-corrected chi connectivity index (χ0v) is 21.0. The average Bonchev–Trinajstić information content (AvgIpc) is 2.82. The van der Waals surface area contributed by atoms with Gasteiger partial charge >= 0.3 is 6.61 Å². The van der Waals surface area contributed by atoms with Crippen molar-refractivity contribution in [3.8, 4) is 5.75 Å². The number of ether oxygens (including phenoxy) is 1. The maximum atomic E-state index is 13.3. The number of para-hydroxylation sites is 1. The van der Waals surface area contributed by atoms with E-state index in [1.807, 2.05) is 18.6 Å². The predicted octanol–water partition coefficient (Wildman–Crippen LogP) is 0.490. The first-order valence-corrected chi connectivity index (χ1v) is 13.1. The predicted molar refractivity (Wildman–Crippen MR) is 126 cm³/mol. The quantitative estimate of drug-likeness (QED) is 0.442. The molecule has 3 rings (SSSR count). The fourth-order valence-electron chi connectivity index (χ4n) is 4.29. The number of hydrogen-bond acceptors (Lipinski definition) is 7. The third-order valence-electron chi connectivity index (χ3n) is 6.23. The number of carbonyl (C=O) groups is 3. The number of alkyl halides is 2. The Kier molecular flexibility index (Phi) is 8.84. The van der Waals surface area contributed by atoms with Crippen molar-refractivity contribution < 1.29 is 36.3 Å². The Labute approximate surface area is 208 Å². The van der Waals surface area contributed by atoms with E-state index in [0.717, 1.165) is 6.07 Å². The number of piperidine rings is 1. The van der Waals surface area contributed by atoms with Gasteiger partial charge in [-0.25, -0.2) is 8.42 Å². The Morgan fingerprint density at radius 2 is 1.75 bits per heavy atom. The molecule has 0 saturated carbocycles. The van der Waals surface area contributed by atoms with Gasteiger partial charge in [0.15, 0.2) is 11.8 Å². The number of halogens is 2. The summed E-state index contributed by atoms with van der Waals surface area (Å²) >= 11 is 0. The van der Waals surface area contributed by atoms with Crippen LogP contribution in [0.3, 0.4) is 0 Å². The summed E-state index contributed by atoms with van der Waals surface area (Å²) in [5.74, 6) is -3.20. The van der Waals surface area contributed by atoms with Crippen molar-refractivity contribution in [3.05, 3.63) is 18.2 Å². The third kappa shape index (κ3) is 6.28. The summed E-state index contributed by atoms with van der Waals surface area (Å²) in [6.07, 6.45) is 1.39. The lowest BCUT2D eigenvalue weighted by Crippen LogP contribution is -2.59. The number of nitrogens with one attached hydrogen (secondary N) is 1. The molecule has 0 aliphatic carbocycles. The maximum absolute atomic E-state index is 13.3. The number of nitrogens with zero attached hydrogens (tertiary/aromatic N) is 3. The molecule has 0 unspecified atom stereocenters. The summed E-state index contributed by atoms with van der Waals surface area (Å²) in [4.78, 5) is 41.4. The van der Waals surface area contributed by atoms with Crippen LogP contribution in [0.15, 0.2) is 23.1 Å². The van der Waals surface area contributed by atoms with E-state index in [-0.39, 0.29) is 43.7 Å². The first kappa shape index (κ1) is 27.7. The van der Waals surface area contributed by atoms with E-state index in [9.17, 15) is 31.6 Å². The molecule has 1 aromatic carbocycles. The molecule has 2 fully saturated rings. The largest absolute Gasteiger partial charge is 0.431 e. The standard InChI is InChI=1S/C22H31F2N5O6S/c1-14(2)27-10-12-28(13-11-27)21(32)18(20(25)31)26-36(33,34)16-7-5-6-15(19(16)35-22(23)24)29-9-4-3-8-17(29)30/h5-7,14,18,22,26H,3-4,8-13H2,1-2H3,(H2,25,31)/t18-/m0/s1. The highest BCUT2D eigenvalue weighted by Gasteiger charge is 2.37. The molecule has 2 saturated heterocycles. The summed E-state index contributed by atoms with van der Waals surface area (Å²) in [6.45, 7) is 2.37. The van der Waals surface area contributed by atoms with Gasteiger partial charge in [-0.15, -0.1) is 0 Å². The fraction of sp³-hybridized carbons (Fsp3) is 0.591. The highest BCUT2D eigenvalue weighted by atomic mass is 32.2. The Hall–Kier alpha value is -2.84. The SMILES string of the molecule is CC(C)N1CCN(C(=O)[C@@H](NS(=O)(=O)c2cccc(N3CCCCC3=O)c2OC(F)F)C(N)=O)CC1. The highest BCUT2D eigenvalue weighted by Crippen LogP contribution is 2.38. The van der Waals surface area contributed by atoms with Gasteiger partial charge in [0.05, 0.1) is 5.69 Å². The van der Waals surface area contributed by atoms with Crippen LogP contribution in [0.25, 0.3) is 0 Å². The first-order valence-electron chi connectivity index (χ1n) is 11.6. The fourth-order valence-corrected chi connectivity index (χ4v) is 5.60. The van der Waals surface area contributed by atoms with Crippen LogP contribution < -0.4 is 20.1 Å². The number of nitrogens with two attached hydrogens (primary N) is 1. The van der Waals surface area contributed by atoms with Crippen molar-refractivity contribution in [1.82, 2.24) is 14.5 Å². The molecule has 1 aromatic rings. The number of primary amides is 1. The number of amides is 3. The minimum atomic E-state index is -4.77. The smallest absolute Gasteiger partial charge is 0.387 e. The summed E-state index contributed by atoms with van der Waals surface area (Å²) in [5.41, 5.74) is 5.22. The van der Waals surface area contributed by atoms with Gasteiger partial charge in [-0.2, -0.15) is 13.5 Å². The molecular weight excluding hydrogens is 500 g/mol. The lowest BCUT2D eigenvalue weighted by atomic mass is 10.1. The molecule has 0 radical (unpaired) electrons. The number of rotatable bonds is 9. The Morgan fingerprint density at radius 1 is 1.08 bits per heavy atom. The van der Waals surface area contributed by atoms with Crippen LogP contribution in [-0.4, -0.2) is 87.4 Å². The Balaban J connectivity index is 1.91. The zero-order chi connectivity index (χ0) is 26.6. The lowest BCUT2D eigenvalue weighted by molar-refractivity contribution is -0.139. The van der Waals surface area contributed by atoms with E-state index in [0.29, 0.717) is 25.9 Å². The van der Waals surface area contributed by atoms with Gasteiger partial charge in [0, 0.05) is 45.2 Å². The monoisotopic (exact) mass is 531 g/mol. The molecule has 36 heavy (non-hydrogen) atoms. The second kappa shape index (κ2) is 11.5. The van der Waals surface area contributed by atoms with Crippen LogP contribution in [0.4, 0.5) is 14.5 Å². The molecule has 11 nitrogen and oxygen atoms in total. The Bertz CT molecular complexity index is 1090. The van der Waals surface area contributed by atoms with E-state index >= 15 is 0 Å². The van der Waals surface area contributed by atoms with Crippen molar-refractivity contribution in [2.45, 2.75) is 56.7 Å².